The minimum Gasteiger partial charge on any atom is -0.489 e. The summed E-state index contributed by atoms with van der Waals surface area (Å²) >= 11 is 6.10. The maximum Gasteiger partial charge on any atom is 0.425 e. The highest BCUT2D eigenvalue weighted by atomic mass is 35.5. The molecule has 0 bridgehead atoms. The van der Waals surface area contributed by atoms with Crippen LogP contribution in [0, 0.1) is 5.92 Å². The minimum atomic E-state index is -4.48. The monoisotopic (exact) mass is 561 g/mol. The Morgan fingerprint density at radius 1 is 1.27 bits per heavy atom. The van der Waals surface area contributed by atoms with Crippen molar-refractivity contribution in [2.75, 3.05) is 26.2 Å². The van der Waals surface area contributed by atoms with E-state index in [2.05, 4.69) is 11.0 Å². The number of fused-ring (bicyclic) bond motifs is 1. The molecule has 0 radical (unpaired) electrons. The van der Waals surface area contributed by atoms with Crippen molar-refractivity contribution in [2.24, 2.45) is 5.92 Å². The second-order valence-corrected chi connectivity index (χ2v) is 9.54. The molecule has 0 amide bonds. The van der Waals surface area contributed by atoms with Crippen molar-refractivity contribution in [1.29, 1.82) is 0 Å². The van der Waals surface area contributed by atoms with E-state index >= 15 is 0 Å². The van der Waals surface area contributed by atoms with Crippen molar-refractivity contribution in [1.82, 2.24) is 4.90 Å². The first-order valence-corrected chi connectivity index (χ1v) is 12.0. The molecule has 0 aromatic heterocycles. The van der Waals surface area contributed by atoms with Crippen LogP contribution in [0.3, 0.4) is 0 Å². The molecule has 202 valence electrons. The fourth-order valence-electron chi connectivity index (χ4n) is 4.28. The number of ether oxygens (including phenoxy) is 3. The maximum atomic E-state index is 12.7. The number of halogens is 5. The first-order valence-electron chi connectivity index (χ1n) is 11.6. The summed E-state index contributed by atoms with van der Waals surface area (Å²) in [6.45, 7) is 3.95. The van der Waals surface area contributed by atoms with Crippen molar-refractivity contribution >= 4 is 36.1 Å². The number of hydrogen-bond acceptors (Lipinski definition) is 5. The summed E-state index contributed by atoms with van der Waals surface area (Å²) in [6, 6.07) is 10.0. The van der Waals surface area contributed by atoms with Gasteiger partial charge in [0.25, 0.3) is 0 Å². The number of rotatable bonds is 9. The highest BCUT2D eigenvalue weighted by molar-refractivity contribution is 6.32. The van der Waals surface area contributed by atoms with Gasteiger partial charge in [-0.05, 0) is 67.3 Å². The van der Waals surface area contributed by atoms with Crippen LogP contribution in [0.5, 0.6) is 17.2 Å². The Kier molecular flexibility index (Phi) is 9.61. The zero-order valence-corrected chi connectivity index (χ0v) is 21.7. The fraction of sp³-hybridized carbons (Fsp3) is 0.423. The molecule has 11 heteroatoms. The lowest BCUT2D eigenvalue weighted by atomic mass is 10.1. The Hall–Kier alpha value is -2.62. The SMILES string of the molecule is C[C@H](Oc1ccc(COc2ccc3c(c2)OCC(CN2CCC(CC(=O)O)C2)=C3)cc1Cl)C(F)(F)F.Cl. The summed E-state index contributed by atoms with van der Waals surface area (Å²) in [5.74, 6) is 0.690. The van der Waals surface area contributed by atoms with Crippen molar-refractivity contribution in [3.8, 4) is 17.2 Å². The first kappa shape index (κ1) is 28.9. The highest BCUT2D eigenvalue weighted by Crippen LogP contribution is 2.33. The third-order valence-corrected chi connectivity index (χ3v) is 6.48. The van der Waals surface area contributed by atoms with E-state index in [1.54, 1.807) is 12.1 Å². The molecule has 2 aliphatic rings. The van der Waals surface area contributed by atoms with Crippen LogP contribution in [0.1, 0.15) is 30.9 Å². The van der Waals surface area contributed by atoms with E-state index in [9.17, 15) is 18.0 Å². The summed E-state index contributed by atoms with van der Waals surface area (Å²) in [5.41, 5.74) is 2.75. The third-order valence-electron chi connectivity index (χ3n) is 6.18. The Bertz CT molecular complexity index is 1140. The lowest BCUT2D eigenvalue weighted by Gasteiger charge is -2.23. The van der Waals surface area contributed by atoms with E-state index in [1.165, 1.54) is 12.1 Å². The van der Waals surface area contributed by atoms with Gasteiger partial charge in [0.15, 0.2) is 6.10 Å². The molecule has 1 N–H and O–H groups in total. The van der Waals surface area contributed by atoms with Crippen LogP contribution >= 0.6 is 24.0 Å². The number of carboxylic acids is 1. The van der Waals surface area contributed by atoms with Gasteiger partial charge >= 0.3 is 12.1 Å². The number of nitrogens with zero attached hydrogens (tertiary/aromatic N) is 1. The van der Waals surface area contributed by atoms with Crippen LogP contribution in [0.15, 0.2) is 42.0 Å². The van der Waals surface area contributed by atoms with Gasteiger partial charge in [-0.3, -0.25) is 9.69 Å². The van der Waals surface area contributed by atoms with Gasteiger partial charge in [0, 0.05) is 31.1 Å². The zero-order valence-electron chi connectivity index (χ0n) is 20.1. The molecule has 0 spiro atoms. The average Bonchev–Trinajstić information content (AvgIpc) is 3.24. The number of likely N-dealkylation sites (tertiary alicyclic amines) is 1. The molecular weight excluding hydrogens is 534 g/mol. The second-order valence-electron chi connectivity index (χ2n) is 9.13. The van der Waals surface area contributed by atoms with Crippen LogP contribution < -0.4 is 14.2 Å². The zero-order chi connectivity index (χ0) is 25.9. The molecule has 1 unspecified atom stereocenters. The predicted molar refractivity (Wildman–Crippen MR) is 136 cm³/mol. The van der Waals surface area contributed by atoms with E-state index in [-0.39, 0.29) is 42.1 Å². The highest BCUT2D eigenvalue weighted by Gasteiger charge is 2.38. The number of carboxylic acid groups (broad SMARTS) is 1. The van der Waals surface area contributed by atoms with Gasteiger partial charge in [0.2, 0.25) is 0 Å². The van der Waals surface area contributed by atoms with Crippen LogP contribution in [-0.4, -0.2) is 54.5 Å². The van der Waals surface area contributed by atoms with Crippen LogP contribution in [0.4, 0.5) is 13.2 Å². The average molecular weight is 562 g/mol. The summed E-state index contributed by atoms with van der Waals surface area (Å²) in [6.07, 6.45) is -3.25. The molecular formula is C26H28Cl2F3NO5. The van der Waals surface area contributed by atoms with Crippen LogP contribution in [0.2, 0.25) is 5.02 Å². The molecule has 2 aromatic carbocycles. The topological polar surface area (TPSA) is 68.2 Å². The number of aliphatic carboxylic acids is 1. The van der Waals surface area contributed by atoms with Crippen molar-refractivity contribution < 1.29 is 37.3 Å². The molecule has 0 saturated carbocycles. The van der Waals surface area contributed by atoms with E-state index in [4.69, 9.17) is 30.9 Å². The van der Waals surface area contributed by atoms with Crippen LogP contribution in [0.25, 0.3) is 6.08 Å². The summed E-state index contributed by atoms with van der Waals surface area (Å²) < 4.78 is 54.8. The van der Waals surface area contributed by atoms with E-state index < -0.39 is 18.2 Å². The van der Waals surface area contributed by atoms with Gasteiger partial charge in [-0.15, -0.1) is 12.4 Å². The second kappa shape index (κ2) is 12.3. The fourth-order valence-corrected chi connectivity index (χ4v) is 4.53. The summed E-state index contributed by atoms with van der Waals surface area (Å²) in [7, 11) is 0. The molecule has 4 rings (SSSR count). The minimum absolute atomic E-state index is 0. The lowest BCUT2D eigenvalue weighted by molar-refractivity contribution is -0.189. The van der Waals surface area contributed by atoms with Gasteiger partial charge in [0.1, 0.15) is 30.5 Å². The molecule has 1 saturated heterocycles. The van der Waals surface area contributed by atoms with Crippen molar-refractivity contribution in [3.05, 3.63) is 58.1 Å². The Labute approximate surface area is 224 Å². The number of benzene rings is 2. The molecule has 37 heavy (non-hydrogen) atoms. The standard InChI is InChI=1S/C26H27ClF3NO5.ClH/c1-16(26(28,29)30)36-23-5-2-18(9-22(23)27)14-34-21-4-3-20-8-19(15-35-24(20)11-21)13-31-7-6-17(12-31)10-25(32)33;/h2-5,8-9,11,16-17H,6-7,10,12-15H2,1H3,(H,32,33);1H/t16-,17?;/m0./s1. The number of alkyl halides is 3. The molecule has 2 atom stereocenters. The molecule has 2 aromatic rings. The smallest absolute Gasteiger partial charge is 0.425 e. The van der Waals surface area contributed by atoms with E-state index in [1.807, 2.05) is 12.1 Å². The molecule has 2 heterocycles. The molecule has 1 fully saturated rings. The first-order chi connectivity index (χ1) is 17.1. The molecule has 6 nitrogen and oxygen atoms in total. The van der Waals surface area contributed by atoms with Gasteiger partial charge in [-0.2, -0.15) is 13.2 Å². The summed E-state index contributed by atoms with van der Waals surface area (Å²) in [4.78, 5) is 13.2. The normalized spacial score (nSPS) is 18.2. The van der Waals surface area contributed by atoms with Gasteiger partial charge < -0.3 is 19.3 Å². The summed E-state index contributed by atoms with van der Waals surface area (Å²) in [5, 5.41) is 9.06. The maximum absolute atomic E-state index is 12.7. The Morgan fingerprint density at radius 3 is 2.76 bits per heavy atom. The van der Waals surface area contributed by atoms with E-state index in [0.29, 0.717) is 23.7 Å². The van der Waals surface area contributed by atoms with Gasteiger partial charge in [-0.25, -0.2) is 0 Å². The molecule has 0 aliphatic carbocycles. The van der Waals surface area contributed by atoms with Gasteiger partial charge in [-0.1, -0.05) is 17.7 Å². The third kappa shape index (κ3) is 7.93. The number of carbonyl (C=O) groups is 1. The van der Waals surface area contributed by atoms with Crippen molar-refractivity contribution in [3.63, 3.8) is 0 Å². The Balaban J connectivity index is 0.00000380. The Morgan fingerprint density at radius 2 is 2.05 bits per heavy atom. The lowest BCUT2D eigenvalue weighted by Crippen LogP contribution is -2.31. The molecule has 2 aliphatic heterocycles. The number of hydrogen-bond donors (Lipinski definition) is 1. The predicted octanol–water partition coefficient (Wildman–Crippen LogP) is 6.24. The van der Waals surface area contributed by atoms with Crippen molar-refractivity contribution in [2.45, 2.75) is 38.7 Å². The van der Waals surface area contributed by atoms with Gasteiger partial charge in [0.05, 0.1) is 5.02 Å². The van der Waals surface area contributed by atoms with E-state index in [0.717, 1.165) is 44.1 Å². The van der Waals surface area contributed by atoms with Crippen LogP contribution in [-0.2, 0) is 11.4 Å². The quantitative estimate of drug-likeness (QED) is 0.390. The largest absolute Gasteiger partial charge is 0.489 e.